The second kappa shape index (κ2) is 7.73. The molecule has 1 atom stereocenters. The number of allylic oxidation sites excluding steroid dienone is 1. The van der Waals surface area contributed by atoms with Gasteiger partial charge >= 0.3 is 0 Å². The van der Waals surface area contributed by atoms with Gasteiger partial charge in [-0.2, -0.15) is 5.10 Å². The zero-order valence-electron chi connectivity index (χ0n) is 14.8. The molecule has 0 saturated carbocycles. The van der Waals surface area contributed by atoms with Crippen LogP contribution in [0.5, 0.6) is 0 Å². The molecule has 2 aromatic rings. The van der Waals surface area contributed by atoms with Crippen LogP contribution < -0.4 is 5.84 Å². The molecule has 0 spiro atoms. The number of nitrogens with zero attached hydrogens (tertiary/aromatic N) is 2. The standard InChI is InChI=1S/C19H16FN3O4S/c1-10(2)28-19(22-21)23-15(11-6-3-4-7-12(11)20)14(17(25)18(23)26)16(24)13-8-5-9-27-13/h3-9,15,25H,1,21H2,2H3/b22-19-. The van der Waals surface area contributed by atoms with Gasteiger partial charge < -0.3 is 15.4 Å². The van der Waals surface area contributed by atoms with Crippen molar-refractivity contribution < 1.29 is 23.5 Å². The normalized spacial score (nSPS) is 17.4. The maximum absolute atomic E-state index is 14.6. The maximum atomic E-state index is 14.6. The van der Waals surface area contributed by atoms with Crippen LogP contribution in [-0.2, 0) is 4.79 Å². The lowest BCUT2D eigenvalue weighted by molar-refractivity contribution is -0.125. The fourth-order valence-corrected chi connectivity index (χ4v) is 3.51. The fraction of sp³-hybridized carbons (Fsp3) is 0.105. The van der Waals surface area contributed by atoms with Gasteiger partial charge in [0.1, 0.15) is 11.9 Å². The Hall–Kier alpha value is -3.33. The van der Waals surface area contributed by atoms with E-state index in [-0.39, 0.29) is 22.1 Å². The number of halogens is 1. The minimum Gasteiger partial charge on any atom is -0.503 e. The second-order valence-corrected chi connectivity index (χ2v) is 7.15. The summed E-state index contributed by atoms with van der Waals surface area (Å²) in [7, 11) is 0. The number of thioether (sulfide) groups is 1. The lowest BCUT2D eigenvalue weighted by atomic mass is 9.95. The van der Waals surface area contributed by atoms with Gasteiger partial charge in [-0.3, -0.25) is 14.5 Å². The minimum atomic E-state index is -1.28. The lowest BCUT2D eigenvalue weighted by Crippen LogP contribution is -2.36. The number of carbonyl (C=O) groups excluding carboxylic acids is 2. The number of furan rings is 1. The molecule has 0 fully saturated rings. The molecule has 3 rings (SSSR count). The van der Waals surface area contributed by atoms with E-state index in [4.69, 9.17) is 10.3 Å². The van der Waals surface area contributed by atoms with Crippen LogP contribution in [0.25, 0.3) is 0 Å². The zero-order chi connectivity index (χ0) is 20.4. The Bertz CT molecular complexity index is 1010. The predicted octanol–water partition coefficient (Wildman–Crippen LogP) is 3.49. The van der Waals surface area contributed by atoms with Gasteiger partial charge in [0.05, 0.1) is 11.8 Å². The molecule has 2 heterocycles. The molecule has 1 unspecified atom stereocenters. The first kappa shape index (κ1) is 19.4. The van der Waals surface area contributed by atoms with Crippen LogP contribution in [0.1, 0.15) is 29.1 Å². The number of amides is 1. The summed E-state index contributed by atoms with van der Waals surface area (Å²) in [5, 5.41) is 14.0. The molecular formula is C19H16FN3O4S. The van der Waals surface area contributed by atoms with Crippen LogP contribution in [0, 0.1) is 5.82 Å². The summed E-state index contributed by atoms with van der Waals surface area (Å²) in [6.07, 6.45) is 1.28. The number of benzene rings is 1. The number of ketones is 1. The molecule has 1 aromatic carbocycles. The number of hydrogen-bond donors (Lipinski definition) is 2. The van der Waals surface area contributed by atoms with E-state index in [1.165, 1.54) is 36.6 Å². The number of Topliss-reactive ketones (excluding diaryl/α,β-unsaturated/α-hetero) is 1. The molecule has 1 aromatic heterocycles. The highest BCUT2D eigenvalue weighted by Crippen LogP contribution is 2.42. The number of hydrazone groups is 1. The Morgan fingerprint density at radius 1 is 1.36 bits per heavy atom. The fourth-order valence-electron chi connectivity index (χ4n) is 2.86. The first-order chi connectivity index (χ1) is 13.4. The summed E-state index contributed by atoms with van der Waals surface area (Å²) in [5.41, 5.74) is -0.327. The zero-order valence-corrected chi connectivity index (χ0v) is 15.6. The first-order valence-electron chi connectivity index (χ1n) is 8.07. The smallest absolute Gasteiger partial charge is 0.296 e. The van der Waals surface area contributed by atoms with E-state index in [2.05, 4.69) is 11.7 Å². The maximum Gasteiger partial charge on any atom is 0.296 e. The summed E-state index contributed by atoms with van der Waals surface area (Å²) in [6, 6.07) is 7.21. The predicted molar refractivity (Wildman–Crippen MR) is 103 cm³/mol. The van der Waals surface area contributed by atoms with Gasteiger partial charge in [-0.15, -0.1) is 0 Å². The van der Waals surface area contributed by atoms with E-state index in [1.54, 1.807) is 13.0 Å². The Morgan fingerprint density at radius 3 is 2.64 bits per heavy atom. The van der Waals surface area contributed by atoms with Crippen molar-refractivity contribution in [3.8, 4) is 0 Å². The number of nitrogens with two attached hydrogens (primary N) is 1. The molecule has 28 heavy (non-hydrogen) atoms. The topological polar surface area (TPSA) is 109 Å². The molecule has 0 radical (unpaired) electrons. The van der Waals surface area contributed by atoms with Crippen LogP contribution in [0.3, 0.4) is 0 Å². The molecule has 0 aliphatic carbocycles. The quantitative estimate of drug-likeness (QED) is 0.267. The second-order valence-electron chi connectivity index (χ2n) is 5.88. The lowest BCUT2D eigenvalue weighted by Gasteiger charge is -2.27. The molecule has 3 N–H and O–H groups in total. The molecule has 1 amide bonds. The molecule has 7 nitrogen and oxygen atoms in total. The van der Waals surface area contributed by atoms with E-state index in [1.807, 2.05) is 0 Å². The van der Waals surface area contributed by atoms with Crippen molar-refractivity contribution in [2.24, 2.45) is 10.9 Å². The van der Waals surface area contributed by atoms with Crippen molar-refractivity contribution in [2.75, 3.05) is 0 Å². The van der Waals surface area contributed by atoms with Crippen LogP contribution in [0.2, 0.25) is 0 Å². The highest BCUT2D eigenvalue weighted by Gasteiger charge is 2.47. The molecule has 9 heteroatoms. The number of carbonyl (C=O) groups is 2. The SMILES string of the molecule is C=C(C)S/C(=N\N)N1C(=O)C(O)=C(C(=O)c2ccco2)C1c1ccccc1F. The monoisotopic (exact) mass is 401 g/mol. The highest BCUT2D eigenvalue weighted by atomic mass is 32.2. The number of aliphatic hydroxyl groups is 1. The van der Waals surface area contributed by atoms with Crippen LogP contribution in [0.15, 0.2) is 75.0 Å². The molecular weight excluding hydrogens is 385 g/mol. The third-order valence-electron chi connectivity index (χ3n) is 3.98. The Morgan fingerprint density at radius 2 is 2.07 bits per heavy atom. The van der Waals surface area contributed by atoms with E-state index < -0.39 is 29.3 Å². The van der Waals surface area contributed by atoms with Crippen LogP contribution in [-0.4, -0.2) is 26.9 Å². The van der Waals surface area contributed by atoms with Gasteiger partial charge in [0.25, 0.3) is 5.91 Å². The van der Waals surface area contributed by atoms with E-state index in [9.17, 15) is 19.1 Å². The Balaban J connectivity index is 2.20. The third-order valence-corrected chi connectivity index (χ3v) is 4.81. The van der Waals surface area contributed by atoms with Gasteiger partial charge in [-0.05, 0) is 30.0 Å². The van der Waals surface area contributed by atoms with Gasteiger partial charge in [-0.25, -0.2) is 4.39 Å². The van der Waals surface area contributed by atoms with Crippen molar-refractivity contribution >= 4 is 28.6 Å². The van der Waals surface area contributed by atoms with E-state index in [0.29, 0.717) is 4.91 Å². The number of hydrogen-bond acceptors (Lipinski definition) is 7. The summed E-state index contributed by atoms with van der Waals surface area (Å²) in [4.78, 5) is 27.3. The van der Waals surface area contributed by atoms with E-state index in [0.717, 1.165) is 16.7 Å². The minimum absolute atomic E-state index is 0.00160. The van der Waals surface area contributed by atoms with E-state index >= 15 is 0 Å². The van der Waals surface area contributed by atoms with Gasteiger partial charge in [0.15, 0.2) is 16.7 Å². The molecule has 0 saturated heterocycles. The highest BCUT2D eigenvalue weighted by molar-refractivity contribution is 8.17. The molecule has 1 aliphatic heterocycles. The van der Waals surface area contributed by atoms with Crippen molar-refractivity contribution in [3.05, 3.63) is 82.6 Å². The Kier molecular flexibility index (Phi) is 5.36. The van der Waals surface area contributed by atoms with Gasteiger partial charge in [0, 0.05) is 5.56 Å². The summed E-state index contributed by atoms with van der Waals surface area (Å²) in [5.74, 6) is 2.17. The summed E-state index contributed by atoms with van der Waals surface area (Å²) < 4.78 is 19.7. The number of amidine groups is 1. The average Bonchev–Trinajstić information content (AvgIpc) is 3.28. The largest absolute Gasteiger partial charge is 0.503 e. The van der Waals surface area contributed by atoms with Gasteiger partial charge in [-0.1, -0.05) is 36.5 Å². The van der Waals surface area contributed by atoms with Crippen molar-refractivity contribution in [1.29, 1.82) is 0 Å². The molecule has 1 aliphatic rings. The average molecular weight is 401 g/mol. The summed E-state index contributed by atoms with van der Waals surface area (Å²) >= 11 is 0.959. The first-order valence-corrected chi connectivity index (χ1v) is 8.89. The van der Waals surface area contributed by atoms with Crippen LogP contribution in [0.4, 0.5) is 4.39 Å². The molecule has 144 valence electrons. The molecule has 0 bridgehead atoms. The number of rotatable bonds is 4. The van der Waals surface area contributed by atoms with Crippen molar-refractivity contribution in [3.63, 3.8) is 0 Å². The third kappa shape index (κ3) is 3.31. The van der Waals surface area contributed by atoms with Crippen LogP contribution >= 0.6 is 11.8 Å². The Labute approximate surface area is 164 Å². The van der Waals surface area contributed by atoms with Crippen molar-refractivity contribution in [2.45, 2.75) is 13.0 Å². The number of aliphatic hydroxyl groups excluding tert-OH is 1. The summed E-state index contributed by atoms with van der Waals surface area (Å²) in [6.45, 7) is 5.39. The van der Waals surface area contributed by atoms with Crippen molar-refractivity contribution in [1.82, 2.24) is 4.90 Å². The van der Waals surface area contributed by atoms with Gasteiger partial charge in [0.2, 0.25) is 5.78 Å².